The molecule has 80 valence electrons. The lowest BCUT2D eigenvalue weighted by Gasteiger charge is -2.32. The van der Waals surface area contributed by atoms with E-state index in [0.717, 1.165) is 26.4 Å². The van der Waals surface area contributed by atoms with E-state index in [1.165, 1.54) is 0 Å². The Labute approximate surface area is 82.6 Å². The van der Waals surface area contributed by atoms with Crippen LogP contribution in [0.15, 0.2) is 0 Å². The third-order valence-corrected chi connectivity index (χ3v) is 2.67. The lowest BCUT2D eigenvalue weighted by atomic mass is 9.81. The zero-order valence-electron chi connectivity index (χ0n) is 9.72. The Kier molecular flexibility index (Phi) is 6.35. The van der Waals surface area contributed by atoms with Crippen molar-refractivity contribution in [3.8, 4) is 0 Å². The van der Waals surface area contributed by atoms with E-state index in [2.05, 4.69) is 20.8 Å². The van der Waals surface area contributed by atoms with Crippen molar-refractivity contribution in [1.29, 1.82) is 0 Å². The highest BCUT2D eigenvalue weighted by atomic mass is 16.5. The standard InChI is InChI=1S/C11H24O2/c1-6-12-8-11(5,10(3)4)9-13-7-2/h10H,6-9H2,1-5H3. The summed E-state index contributed by atoms with van der Waals surface area (Å²) >= 11 is 0. The van der Waals surface area contributed by atoms with E-state index < -0.39 is 0 Å². The fraction of sp³-hybridized carbons (Fsp3) is 1.00. The van der Waals surface area contributed by atoms with Gasteiger partial charge in [-0.15, -0.1) is 0 Å². The van der Waals surface area contributed by atoms with Crippen molar-refractivity contribution in [1.82, 2.24) is 0 Å². The quantitative estimate of drug-likeness (QED) is 0.611. The second kappa shape index (κ2) is 6.39. The first-order chi connectivity index (χ1) is 6.06. The minimum atomic E-state index is 0.159. The molecule has 0 heterocycles. The number of hydrogen-bond acceptors (Lipinski definition) is 2. The highest BCUT2D eigenvalue weighted by Gasteiger charge is 2.28. The molecule has 0 atom stereocenters. The van der Waals surface area contributed by atoms with Gasteiger partial charge in [0, 0.05) is 18.6 Å². The van der Waals surface area contributed by atoms with Gasteiger partial charge in [-0.1, -0.05) is 20.8 Å². The molecule has 0 aromatic rings. The molecular formula is C11H24O2. The van der Waals surface area contributed by atoms with Gasteiger partial charge in [0.05, 0.1) is 13.2 Å². The molecule has 2 heteroatoms. The molecule has 13 heavy (non-hydrogen) atoms. The zero-order chi connectivity index (χ0) is 10.3. The monoisotopic (exact) mass is 188 g/mol. The predicted octanol–water partition coefficient (Wildman–Crippen LogP) is 2.72. The van der Waals surface area contributed by atoms with E-state index in [1.54, 1.807) is 0 Å². The molecule has 0 rings (SSSR count). The summed E-state index contributed by atoms with van der Waals surface area (Å²) in [7, 11) is 0. The molecule has 0 aliphatic heterocycles. The van der Waals surface area contributed by atoms with Gasteiger partial charge in [0.1, 0.15) is 0 Å². The molecule has 0 saturated heterocycles. The first-order valence-electron chi connectivity index (χ1n) is 5.22. The van der Waals surface area contributed by atoms with Crippen LogP contribution in [0.5, 0.6) is 0 Å². The summed E-state index contributed by atoms with van der Waals surface area (Å²) in [6.45, 7) is 13.9. The average Bonchev–Trinajstić information content (AvgIpc) is 2.11. The van der Waals surface area contributed by atoms with Gasteiger partial charge in [-0.3, -0.25) is 0 Å². The maximum Gasteiger partial charge on any atom is 0.0544 e. The van der Waals surface area contributed by atoms with Crippen molar-refractivity contribution in [2.24, 2.45) is 11.3 Å². The van der Waals surface area contributed by atoms with Crippen molar-refractivity contribution in [2.45, 2.75) is 34.6 Å². The summed E-state index contributed by atoms with van der Waals surface area (Å²) in [5, 5.41) is 0. The molecule has 0 aromatic heterocycles. The second-order valence-corrected chi connectivity index (χ2v) is 4.08. The van der Waals surface area contributed by atoms with Crippen LogP contribution in [0.25, 0.3) is 0 Å². The van der Waals surface area contributed by atoms with Gasteiger partial charge in [-0.25, -0.2) is 0 Å². The van der Waals surface area contributed by atoms with Gasteiger partial charge in [0.15, 0.2) is 0 Å². The smallest absolute Gasteiger partial charge is 0.0544 e. The van der Waals surface area contributed by atoms with Gasteiger partial charge in [-0.05, 0) is 19.8 Å². The second-order valence-electron chi connectivity index (χ2n) is 4.08. The Balaban J connectivity index is 4.00. The van der Waals surface area contributed by atoms with Gasteiger partial charge in [0.2, 0.25) is 0 Å². The van der Waals surface area contributed by atoms with Crippen LogP contribution in [-0.2, 0) is 9.47 Å². The molecule has 0 unspecified atom stereocenters. The summed E-state index contributed by atoms with van der Waals surface area (Å²) in [6.07, 6.45) is 0. The number of rotatable bonds is 7. The predicted molar refractivity (Wildman–Crippen MR) is 55.9 cm³/mol. The average molecular weight is 188 g/mol. The van der Waals surface area contributed by atoms with Crippen molar-refractivity contribution >= 4 is 0 Å². The Morgan fingerprint density at radius 2 is 1.38 bits per heavy atom. The van der Waals surface area contributed by atoms with E-state index >= 15 is 0 Å². The van der Waals surface area contributed by atoms with Crippen molar-refractivity contribution in [2.75, 3.05) is 26.4 Å². The van der Waals surface area contributed by atoms with Crippen molar-refractivity contribution in [3.63, 3.8) is 0 Å². The summed E-state index contributed by atoms with van der Waals surface area (Å²) < 4.78 is 11.0. The molecule has 0 bridgehead atoms. The molecule has 0 aliphatic rings. The van der Waals surface area contributed by atoms with Crippen LogP contribution in [0, 0.1) is 11.3 Å². The van der Waals surface area contributed by atoms with Gasteiger partial charge >= 0.3 is 0 Å². The summed E-state index contributed by atoms with van der Waals surface area (Å²) in [5.41, 5.74) is 0.159. The molecule has 0 fully saturated rings. The lowest BCUT2D eigenvalue weighted by Crippen LogP contribution is -2.34. The molecule has 0 aromatic carbocycles. The third-order valence-electron chi connectivity index (χ3n) is 2.67. The van der Waals surface area contributed by atoms with Gasteiger partial charge in [-0.2, -0.15) is 0 Å². The fourth-order valence-electron chi connectivity index (χ4n) is 1.05. The zero-order valence-corrected chi connectivity index (χ0v) is 9.72. The molecule has 0 N–H and O–H groups in total. The van der Waals surface area contributed by atoms with Crippen LogP contribution in [0.4, 0.5) is 0 Å². The summed E-state index contributed by atoms with van der Waals surface area (Å²) in [4.78, 5) is 0. The van der Waals surface area contributed by atoms with Crippen LogP contribution in [0.1, 0.15) is 34.6 Å². The Morgan fingerprint density at radius 3 is 1.62 bits per heavy atom. The SMILES string of the molecule is CCOCC(C)(COCC)C(C)C. The van der Waals surface area contributed by atoms with E-state index in [9.17, 15) is 0 Å². The van der Waals surface area contributed by atoms with E-state index in [-0.39, 0.29) is 5.41 Å². The maximum absolute atomic E-state index is 5.48. The van der Waals surface area contributed by atoms with Gasteiger partial charge < -0.3 is 9.47 Å². The maximum atomic E-state index is 5.48. The minimum absolute atomic E-state index is 0.159. The van der Waals surface area contributed by atoms with Crippen LogP contribution in [0.3, 0.4) is 0 Å². The fourth-order valence-corrected chi connectivity index (χ4v) is 1.05. The highest BCUT2D eigenvalue weighted by molar-refractivity contribution is 4.77. The van der Waals surface area contributed by atoms with Gasteiger partial charge in [0.25, 0.3) is 0 Å². The van der Waals surface area contributed by atoms with E-state index in [1.807, 2.05) is 13.8 Å². The summed E-state index contributed by atoms with van der Waals surface area (Å²) in [5.74, 6) is 0.589. The van der Waals surface area contributed by atoms with E-state index in [0.29, 0.717) is 5.92 Å². The summed E-state index contributed by atoms with van der Waals surface area (Å²) in [6, 6.07) is 0. The molecule has 0 radical (unpaired) electrons. The van der Waals surface area contributed by atoms with Crippen molar-refractivity contribution in [3.05, 3.63) is 0 Å². The Bertz CT molecular complexity index is 113. The topological polar surface area (TPSA) is 18.5 Å². The number of ether oxygens (including phenoxy) is 2. The van der Waals surface area contributed by atoms with Crippen LogP contribution < -0.4 is 0 Å². The first-order valence-corrected chi connectivity index (χ1v) is 5.22. The molecule has 0 aliphatic carbocycles. The van der Waals surface area contributed by atoms with E-state index in [4.69, 9.17) is 9.47 Å². The molecule has 0 spiro atoms. The molecule has 0 saturated carbocycles. The van der Waals surface area contributed by atoms with Crippen LogP contribution in [-0.4, -0.2) is 26.4 Å². The largest absolute Gasteiger partial charge is 0.381 e. The first kappa shape index (κ1) is 12.9. The van der Waals surface area contributed by atoms with Crippen molar-refractivity contribution < 1.29 is 9.47 Å². The molecule has 0 amide bonds. The third kappa shape index (κ3) is 4.63. The molecule has 2 nitrogen and oxygen atoms in total. The minimum Gasteiger partial charge on any atom is -0.381 e. The highest BCUT2D eigenvalue weighted by Crippen LogP contribution is 2.27. The van der Waals surface area contributed by atoms with Crippen LogP contribution >= 0.6 is 0 Å². The lowest BCUT2D eigenvalue weighted by molar-refractivity contribution is -0.0316. The number of hydrogen-bond donors (Lipinski definition) is 0. The van der Waals surface area contributed by atoms with Crippen LogP contribution in [0.2, 0.25) is 0 Å². The Hall–Kier alpha value is -0.0800. The normalized spacial score (nSPS) is 12.5. The Morgan fingerprint density at radius 1 is 1.00 bits per heavy atom. The molecular weight excluding hydrogens is 164 g/mol.